The largest absolute Gasteiger partial charge is 0.311 e. The van der Waals surface area contributed by atoms with E-state index < -0.39 is 0 Å². The van der Waals surface area contributed by atoms with Gasteiger partial charge < -0.3 is 10.2 Å². The first-order valence-corrected chi connectivity index (χ1v) is 7.62. The van der Waals surface area contributed by atoms with Crippen molar-refractivity contribution in [3.05, 3.63) is 0 Å². The fourth-order valence-electron chi connectivity index (χ4n) is 2.99. The number of rotatable bonds is 6. The molecule has 1 aliphatic carbocycles. The predicted octanol–water partition coefficient (Wildman–Crippen LogP) is 3.52. The van der Waals surface area contributed by atoms with Gasteiger partial charge in [-0.15, -0.1) is 0 Å². The molecule has 0 saturated heterocycles. The van der Waals surface area contributed by atoms with Crippen LogP contribution in [0.4, 0.5) is 0 Å². The highest BCUT2D eigenvalue weighted by Gasteiger charge is 2.24. The van der Waals surface area contributed by atoms with Gasteiger partial charge in [0.25, 0.3) is 0 Å². The Labute approximate surface area is 115 Å². The zero-order valence-corrected chi connectivity index (χ0v) is 13.5. The first-order chi connectivity index (χ1) is 8.18. The second kappa shape index (κ2) is 6.38. The van der Waals surface area contributed by atoms with Crippen molar-refractivity contribution < 1.29 is 0 Å². The molecule has 1 rings (SSSR count). The monoisotopic (exact) mass is 254 g/mol. The van der Waals surface area contributed by atoms with Gasteiger partial charge in [-0.3, -0.25) is 0 Å². The van der Waals surface area contributed by atoms with Crippen LogP contribution in [-0.2, 0) is 0 Å². The van der Waals surface area contributed by atoms with Crippen molar-refractivity contribution in [1.29, 1.82) is 0 Å². The molecule has 0 aromatic carbocycles. The Kier molecular flexibility index (Phi) is 5.67. The molecule has 0 bridgehead atoms. The van der Waals surface area contributed by atoms with Gasteiger partial charge >= 0.3 is 0 Å². The Morgan fingerprint density at radius 1 is 1.06 bits per heavy atom. The summed E-state index contributed by atoms with van der Waals surface area (Å²) < 4.78 is 0. The second-order valence-electron chi connectivity index (χ2n) is 8.11. The molecular weight excluding hydrogens is 220 g/mol. The minimum Gasteiger partial charge on any atom is -0.311 e. The Balaban J connectivity index is 2.29. The second-order valence-corrected chi connectivity index (χ2v) is 8.11. The van der Waals surface area contributed by atoms with E-state index in [9.17, 15) is 0 Å². The van der Waals surface area contributed by atoms with Gasteiger partial charge in [0.2, 0.25) is 0 Å². The average molecular weight is 254 g/mol. The summed E-state index contributed by atoms with van der Waals surface area (Å²) in [6, 6.07) is 0. The van der Waals surface area contributed by atoms with Crippen molar-refractivity contribution in [2.24, 2.45) is 11.3 Å². The van der Waals surface area contributed by atoms with Gasteiger partial charge in [-0.2, -0.15) is 0 Å². The van der Waals surface area contributed by atoms with E-state index in [0.29, 0.717) is 5.41 Å². The van der Waals surface area contributed by atoms with E-state index in [4.69, 9.17) is 0 Å². The van der Waals surface area contributed by atoms with Crippen LogP contribution in [0.3, 0.4) is 0 Å². The summed E-state index contributed by atoms with van der Waals surface area (Å²) >= 11 is 0. The van der Waals surface area contributed by atoms with Gasteiger partial charge in [0.1, 0.15) is 0 Å². The van der Waals surface area contributed by atoms with Crippen molar-refractivity contribution in [3.8, 4) is 0 Å². The summed E-state index contributed by atoms with van der Waals surface area (Å²) in [4.78, 5) is 2.54. The third kappa shape index (κ3) is 6.75. The number of nitrogens with one attached hydrogen (secondary N) is 1. The first-order valence-electron chi connectivity index (χ1n) is 7.62. The molecule has 0 aromatic heterocycles. The molecule has 18 heavy (non-hydrogen) atoms. The third-order valence-corrected chi connectivity index (χ3v) is 3.84. The number of hydrogen-bond donors (Lipinski definition) is 1. The molecule has 0 unspecified atom stereocenters. The number of nitrogens with zero attached hydrogens (tertiary/aromatic N) is 1. The van der Waals surface area contributed by atoms with E-state index in [1.54, 1.807) is 0 Å². The molecule has 0 aliphatic heterocycles. The predicted molar refractivity (Wildman–Crippen MR) is 81.0 cm³/mol. The molecule has 0 spiro atoms. The molecule has 1 saturated carbocycles. The average Bonchev–Trinajstić information content (AvgIpc) is 2.65. The smallest absolute Gasteiger partial charge is 0.00967 e. The lowest BCUT2D eigenvalue weighted by atomic mass is 9.91. The SMILES string of the molecule is CN(CC1CCCC1)CC(C)(C)CNC(C)(C)C. The van der Waals surface area contributed by atoms with Crippen LogP contribution in [-0.4, -0.2) is 37.1 Å². The highest BCUT2D eigenvalue weighted by Crippen LogP contribution is 2.26. The Morgan fingerprint density at radius 3 is 2.11 bits per heavy atom. The van der Waals surface area contributed by atoms with Crippen LogP contribution in [0.2, 0.25) is 0 Å². The van der Waals surface area contributed by atoms with Gasteiger partial charge in [-0.1, -0.05) is 26.7 Å². The maximum atomic E-state index is 3.63. The van der Waals surface area contributed by atoms with Gasteiger partial charge in [0, 0.05) is 25.2 Å². The zero-order valence-electron chi connectivity index (χ0n) is 13.5. The van der Waals surface area contributed by atoms with Crippen molar-refractivity contribution in [1.82, 2.24) is 10.2 Å². The summed E-state index contributed by atoms with van der Waals surface area (Å²) in [5.74, 6) is 0.960. The van der Waals surface area contributed by atoms with Crippen LogP contribution >= 0.6 is 0 Å². The van der Waals surface area contributed by atoms with Crippen LogP contribution in [0.15, 0.2) is 0 Å². The highest BCUT2D eigenvalue weighted by molar-refractivity contribution is 4.81. The summed E-state index contributed by atoms with van der Waals surface area (Å²) in [5.41, 5.74) is 0.571. The van der Waals surface area contributed by atoms with Crippen molar-refractivity contribution >= 4 is 0 Å². The molecule has 0 heterocycles. The molecule has 108 valence electrons. The maximum absolute atomic E-state index is 3.63. The van der Waals surface area contributed by atoms with E-state index in [1.165, 1.54) is 38.8 Å². The van der Waals surface area contributed by atoms with Gasteiger partial charge in [-0.25, -0.2) is 0 Å². The van der Waals surface area contributed by atoms with E-state index in [-0.39, 0.29) is 5.54 Å². The molecule has 1 aliphatic rings. The zero-order chi connectivity index (χ0) is 13.8. The lowest BCUT2D eigenvalue weighted by molar-refractivity contribution is 0.173. The molecule has 1 fully saturated rings. The molecule has 0 radical (unpaired) electrons. The molecule has 0 amide bonds. The van der Waals surface area contributed by atoms with Crippen molar-refractivity contribution in [2.75, 3.05) is 26.7 Å². The lowest BCUT2D eigenvalue weighted by Gasteiger charge is -2.34. The Hall–Kier alpha value is -0.0800. The van der Waals surface area contributed by atoms with E-state index >= 15 is 0 Å². The normalized spacial score (nSPS) is 18.8. The topological polar surface area (TPSA) is 15.3 Å². The van der Waals surface area contributed by atoms with Gasteiger partial charge in [-0.05, 0) is 52.0 Å². The highest BCUT2D eigenvalue weighted by atomic mass is 15.1. The molecule has 0 atom stereocenters. The summed E-state index contributed by atoms with van der Waals surface area (Å²) in [5, 5.41) is 3.63. The quantitative estimate of drug-likeness (QED) is 0.780. The summed E-state index contributed by atoms with van der Waals surface area (Å²) in [6.45, 7) is 15.0. The van der Waals surface area contributed by atoms with Crippen molar-refractivity contribution in [3.63, 3.8) is 0 Å². The standard InChI is InChI=1S/C16H34N2/c1-15(2,3)17-12-16(4,5)13-18(6)11-14-9-7-8-10-14/h14,17H,7-13H2,1-6H3. The van der Waals surface area contributed by atoms with Crippen molar-refractivity contribution in [2.45, 2.75) is 65.8 Å². The van der Waals surface area contributed by atoms with E-state index in [0.717, 1.165) is 12.5 Å². The minimum atomic E-state index is 0.224. The van der Waals surface area contributed by atoms with Gasteiger partial charge in [0.05, 0.1) is 0 Å². The molecule has 2 nitrogen and oxygen atoms in total. The fraction of sp³-hybridized carbons (Fsp3) is 1.00. The van der Waals surface area contributed by atoms with E-state index in [1.807, 2.05) is 0 Å². The van der Waals surface area contributed by atoms with Crippen LogP contribution in [0, 0.1) is 11.3 Å². The van der Waals surface area contributed by atoms with Crippen LogP contribution in [0.5, 0.6) is 0 Å². The summed E-state index contributed by atoms with van der Waals surface area (Å²) in [7, 11) is 2.29. The van der Waals surface area contributed by atoms with E-state index in [2.05, 4.69) is 51.9 Å². The molecule has 0 aromatic rings. The van der Waals surface area contributed by atoms with Crippen LogP contribution in [0.25, 0.3) is 0 Å². The fourth-order valence-corrected chi connectivity index (χ4v) is 2.99. The molecular formula is C16H34N2. The lowest BCUT2D eigenvalue weighted by Crippen LogP contribution is -2.46. The molecule has 1 N–H and O–H groups in total. The minimum absolute atomic E-state index is 0.224. The Morgan fingerprint density at radius 2 is 1.61 bits per heavy atom. The molecule has 2 heteroatoms. The van der Waals surface area contributed by atoms with Gasteiger partial charge in [0.15, 0.2) is 0 Å². The van der Waals surface area contributed by atoms with Crippen LogP contribution in [0.1, 0.15) is 60.3 Å². The van der Waals surface area contributed by atoms with Crippen LogP contribution < -0.4 is 5.32 Å². The summed E-state index contributed by atoms with van der Waals surface area (Å²) in [6.07, 6.45) is 5.80. The maximum Gasteiger partial charge on any atom is 0.00967 e. The third-order valence-electron chi connectivity index (χ3n) is 3.84. The first kappa shape index (κ1) is 16.0. The Bertz CT molecular complexity index is 234. The number of hydrogen-bond acceptors (Lipinski definition) is 2.